The molecule has 0 radical (unpaired) electrons. The molecule has 0 saturated carbocycles. The summed E-state index contributed by atoms with van der Waals surface area (Å²) in [7, 11) is 0. The number of amides is 2. The first-order valence-corrected chi connectivity index (χ1v) is 8.04. The quantitative estimate of drug-likeness (QED) is 0.723. The summed E-state index contributed by atoms with van der Waals surface area (Å²) >= 11 is 5.70. The van der Waals surface area contributed by atoms with Crippen molar-refractivity contribution < 1.29 is 9.18 Å². The van der Waals surface area contributed by atoms with Gasteiger partial charge in [-0.15, -0.1) is 0 Å². The van der Waals surface area contributed by atoms with E-state index >= 15 is 0 Å². The highest BCUT2D eigenvalue weighted by molar-refractivity contribution is 6.31. The number of nitrogens with one attached hydrogen (secondary N) is 2. The van der Waals surface area contributed by atoms with Gasteiger partial charge in [-0.1, -0.05) is 35.9 Å². The summed E-state index contributed by atoms with van der Waals surface area (Å²) in [4.78, 5) is 12.0. The third kappa shape index (κ3) is 4.58. The minimum Gasteiger partial charge on any atom is -0.334 e. The van der Waals surface area contributed by atoms with Crippen LogP contribution in [0.1, 0.15) is 11.1 Å². The van der Waals surface area contributed by atoms with Gasteiger partial charge in [0.2, 0.25) is 0 Å². The van der Waals surface area contributed by atoms with Crippen molar-refractivity contribution in [3.63, 3.8) is 0 Å². The molecule has 0 bridgehead atoms. The molecule has 2 amide bonds. The number of hydrogen-bond donors (Lipinski definition) is 2. The van der Waals surface area contributed by atoms with E-state index in [4.69, 9.17) is 11.6 Å². The lowest BCUT2D eigenvalue weighted by Crippen LogP contribution is -2.28. The molecule has 2 aromatic carbocycles. The van der Waals surface area contributed by atoms with Gasteiger partial charge in [0.05, 0.1) is 11.6 Å². The van der Waals surface area contributed by atoms with Crippen LogP contribution in [-0.4, -0.2) is 15.8 Å². The van der Waals surface area contributed by atoms with Gasteiger partial charge in [0.15, 0.2) is 0 Å². The van der Waals surface area contributed by atoms with Crippen molar-refractivity contribution in [2.45, 2.75) is 13.1 Å². The molecule has 0 spiro atoms. The fourth-order valence-electron chi connectivity index (χ4n) is 2.38. The SMILES string of the molecule is O=C(NCc1ccccc1Cn1cccn1)Nc1ccc(F)c(Cl)c1. The zero-order valence-electron chi connectivity index (χ0n) is 13.2. The standard InChI is InChI=1S/C18H16ClFN4O/c19-16-10-15(6-7-17(16)20)23-18(25)21-11-13-4-1-2-5-14(13)12-24-9-3-8-22-24/h1-10H,11-12H2,(H2,21,23,25). The number of anilines is 1. The minimum atomic E-state index is -0.528. The first-order valence-electron chi connectivity index (χ1n) is 7.66. The van der Waals surface area contributed by atoms with Gasteiger partial charge in [-0.2, -0.15) is 5.10 Å². The molecular weight excluding hydrogens is 343 g/mol. The number of halogens is 2. The number of benzene rings is 2. The van der Waals surface area contributed by atoms with Crippen LogP contribution in [0.2, 0.25) is 5.02 Å². The Hall–Kier alpha value is -2.86. The number of urea groups is 1. The van der Waals surface area contributed by atoms with Crippen molar-refractivity contribution in [3.05, 3.63) is 82.9 Å². The fourth-order valence-corrected chi connectivity index (χ4v) is 2.56. The van der Waals surface area contributed by atoms with Crippen molar-refractivity contribution >= 4 is 23.3 Å². The van der Waals surface area contributed by atoms with E-state index in [2.05, 4.69) is 15.7 Å². The fraction of sp³-hybridized carbons (Fsp3) is 0.111. The Labute approximate surface area is 149 Å². The highest BCUT2D eigenvalue weighted by Crippen LogP contribution is 2.19. The van der Waals surface area contributed by atoms with Crippen molar-refractivity contribution in [1.29, 1.82) is 0 Å². The van der Waals surface area contributed by atoms with Gasteiger partial charge in [-0.05, 0) is 35.4 Å². The molecule has 0 fully saturated rings. The van der Waals surface area contributed by atoms with Crippen LogP contribution in [0, 0.1) is 5.82 Å². The second-order valence-corrected chi connectivity index (χ2v) is 5.82. The maximum Gasteiger partial charge on any atom is 0.319 e. The van der Waals surface area contributed by atoms with E-state index in [9.17, 15) is 9.18 Å². The van der Waals surface area contributed by atoms with Crippen LogP contribution in [0.3, 0.4) is 0 Å². The van der Waals surface area contributed by atoms with Gasteiger partial charge in [-0.3, -0.25) is 4.68 Å². The summed E-state index contributed by atoms with van der Waals surface area (Å²) in [5.41, 5.74) is 2.48. The zero-order valence-corrected chi connectivity index (χ0v) is 14.0. The molecule has 0 aliphatic carbocycles. The molecule has 0 atom stereocenters. The van der Waals surface area contributed by atoms with Crippen LogP contribution < -0.4 is 10.6 Å². The van der Waals surface area contributed by atoms with Gasteiger partial charge < -0.3 is 10.6 Å². The van der Waals surface area contributed by atoms with Crippen LogP contribution >= 0.6 is 11.6 Å². The average molecular weight is 359 g/mol. The summed E-state index contributed by atoms with van der Waals surface area (Å²) in [6, 6.07) is 13.3. The van der Waals surface area contributed by atoms with Crippen LogP contribution in [0.4, 0.5) is 14.9 Å². The van der Waals surface area contributed by atoms with E-state index in [1.54, 1.807) is 6.20 Å². The molecule has 0 aliphatic rings. The van der Waals surface area contributed by atoms with Gasteiger partial charge in [-0.25, -0.2) is 9.18 Å². The Bertz CT molecular complexity index is 867. The van der Waals surface area contributed by atoms with Crippen molar-refractivity contribution in [2.24, 2.45) is 0 Å². The maximum absolute atomic E-state index is 13.1. The lowest BCUT2D eigenvalue weighted by molar-refractivity contribution is 0.251. The van der Waals surface area contributed by atoms with E-state index < -0.39 is 11.8 Å². The number of rotatable bonds is 5. The van der Waals surface area contributed by atoms with Gasteiger partial charge >= 0.3 is 6.03 Å². The molecule has 3 rings (SSSR count). The number of carbonyl (C=O) groups excluding carboxylic acids is 1. The summed E-state index contributed by atoms with van der Waals surface area (Å²) in [5.74, 6) is -0.528. The molecule has 128 valence electrons. The number of carbonyl (C=O) groups is 1. The van der Waals surface area contributed by atoms with Crippen molar-refractivity contribution in [2.75, 3.05) is 5.32 Å². The Morgan fingerprint density at radius 3 is 2.68 bits per heavy atom. The molecule has 7 heteroatoms. The van der Waals surface area contributed by atoms with Gasteiger partial charge in [0.1, 0.15) is 5.82 Å². The smallest absolute Gasteiger partial charge is 0.319 e. The first-order chi connectivity index (χ1) is 12.1. The molecule has 1 heterocycles. The van der Waals surface area contributed by atoms with Gasteiger partial charge in [0, 0.05) is 24.6 Å². The summed E-state index contributed by atoms with van der Waals surface area (Å²) in [6.45, 7) is 0.984. The monoisotopic (exact) mass is 358 g/mol. The van der Waals surface area contributed by atoms with E-state index in [1.165, 1.54) is 18.2 Å². The van der Waals surface area contributed by atoms with E-state index in [0.29, 0.717) is 18.8 Å². The molecule has 25 heavy (non-hydrogen) atoms. The third-order valence-corrected chi connectivity index (χ3v) is 3.92. The largest absolute Gasteiger partial charge is 0.334 e. The molecule has 0 unspecified atom stereocenters. The predicted molar refractivity (Wildman–Crippen MR) is 95.0 cm³/mol. The molecule has 0 aliphatic heterocycles. The van der Waals surface area contributed by atoms with E-state index in [0.717, 1.165) is 11.1 Å². The van der Waals surface area contributed by atoms with E-state index in [-0.39, 0.29) is 5.02 Å². The summed E-state index contributed by atoms with van der Waals surface area (Å²) in [6.07, 6.45) is 3.61. The molecule has 3 aromatic rings. The highest BCUT2D eigenvalue weighted by Gasteiger charge is 2.07. The zero-order chi connectivity index (χ0) is 17.6. The summed E-state index contributed by atoms with van der Waals surface area (Å²) < 4.78 is 15.0. The van der Waals surface area contributed by atoms with Crippen LogP contribution in [0.25, 0.3) is 0 Å². The lowest BCUT2D eigenvalue weighted by atomic mass is 10.1. The van der Waals surface area contributed by atoms with Crippen molar-refractivity contribution in [3.8, 4) is 0 Å². The average Bonchev–Trinajstić information content (AvgIpc) is 3.10. The van der Waals surface area contributed by atoms with Crippen LogP contribution in [0.15, 0.2) is 60.9 Å². The second-order valence-electron chi connectivity index (χ2n) is 5.41. The Balaban J connectivity index is 1.61. The Morgan fingerprint density at radius 2 is 1.96 bits per heavy atom. The lowest BCUT2D eigenvalue weighted by Gasteiger charge is -2.12. The number of nitrogens with zero attached hydrogens (tertiary/aromatic N) is 2. The molecule has 1 aromatic heterocycles. The Morgan fingerprint density at radius 1 is 1.16 bits per heavy atom. The second kappa shape index (κ2) is 7.81. The predicted octanol–water partition coefficient (Wildman–Crippen LogP) is 4.05. The van der Waals surface area contributed by atoms with Crippen LogP contribution in [0.5, 0.6) is 0 Å². The van der Waals surface area contributed by atoms with Crippen molar-refractivity contribution in [1.82, 2.24) is 15.1 Å². The molecule has 0 saturated heterocycles. The number of aromatic nitrogens is 2. The Kier molecular flexibility index (Phi) is 5.30. The minimum absolute atomic E-state index is 0.0395. The number of hydrogen-bond acceptors (Lipinski definition) is 2. The molecule has 2 N–H and O–H groups in total. The first kappa shape index (κ1) is 17.0. The topological polar surface area (TPSA) is 59.0 Å². The third-order valence-electron chi connectivity index (χ3n) is 3.63. The normalized spacial score (nSPS) is 10.5. The van der Waals surface area contributed by atoms with Gasteiger partial charge in [0.25, 0.3) is 0 Å². The molecular formula is C18H16ClFN4O. The maximum atomic E-state index is 13.1. The summed E-state index contributed by atoms with van der Waals surface area (Å²) in [5, 5.41) is 9.56. The molecule has 5 nitrogen and oxygen atoms in total. The van der Waals surface area contributed by atoms with E-state index in [1.807, 2.05) is 41.2 Å². The highest BCUT2D eigenvalue weighted by atomic mass is 35.5. The van der Waals surface area contributed by atoms with Crippen LogP contribution in [-0.2, 0) is 13.1 Å².